The Labute approximate surface area is 206 Å². The molecule has 2 aliphatic rings. The fourth-order valence-electron chi connectivity index (χ4n) is 5.00. The first-order valence-corrected chi connectivity index (χ1v) is 12.4. The molecule has 1 aromatic heterocycles. The van der Waals surface area contributed by atoms with Crippen LogP contribution >= 0.6 is 0 Å². The van der Waals surface area contributed by atoms with Gasteiger partial charge in [-0.1, -0.05) is 48.5 Å². The number of para-hydroxylation sites is 1. The number of piperidine rings is 1. The predicted molar refractivity (Wildman–Crippen MR) is 134 cm³/mol. The van der Waals surface area contributed by atoms with Crippen molar-refractivity contribution in [3.63, 3.8) is 0 Å². The predicted octanol–water partition coefficient (Wildman–Crippen LogP) is 3.54. The molecule has 35 heavy (non-hydrogen) atoms. The molecule has 182 valence electrons. The van der Waals surface area contributed by atoms with Crippen LogP contribution in [0.5, 0.6) is 5.75 Å². The first-order valence-electron chi connectivity index (χ1n) is 12.4. The molecule has 2 N–H and O–H groups in total. The van der Waals surface area contributed by atoms with E-state index in [-0.39, 0.29) is 24.5 Å². The number of nitrogens with zero attached hydrogens (tertiary/aromatic N) is 3. The van der Waals surface area contributed by atoms with Gasteiger partial charge in [0.2, 0.25) is 5.91 Å². The summed E-state index contributed by atoms with van der Waals surface area (Å²) in [4.78, 5) is 14.7. The molecule has 1 fully saturated rings. The van der Waals surface area contributed by atoms with E-state index in [2.05, 4.69) is 38.6 Å². The second kappa shape index (κ2) is 10.0. The van der Waals surface area contributed by atoms with E-state index in [1.807, 2.05) is 49.4 Å². The maximum atomic E-state index is 12.4. The Morgan fingerprint density at radius 3 is 2.60 bits per heavy atom. The normalized spacial score (nSPS) is 17.4. The molecule has 1 saturated heterocycles. The number of hydrogen-bond donors (Lipinski definition) is 2. The fraction of sp³-hybridized carbons (Fsp3) is 0.393. The molecule has 2 aliphatic heterocycles. The largest absolute Gasteiger partial charge is 0.487 e. The fourth-order valence-corrected chi connectivity index (χ4v) is 5.00. The highest BCUT2D eigenvalue weighted by Crippen LogP contribution is 2.39. The SMILES string of the molecule is Cc1cc(N2CCC3(CCc4ccccc4O3)CC2)nnc1CC(=O)NCC(O)c1ccccc1. The van der Waals surface area contributed by atoms with Crippen LogP contribution in [0.15, 0.2) is 60.7 Å². The molecule has 1 amide bonds. The number of carbonyl (C=O) groups is 1. The Kier molecular flexibility index (Phi) is 6.68. The smallest absolute Gasteiger partial charge is 0.226 e. The van der Waals surface area contributed by atoms with Gasteiger partial charge in [0.15, 0.2) is 5.82 Å². The lowest BCUT2D eigenvalue weighted by Crippen LogP contribution is -2.50. The van der Waals surface area contributed by atoms with Crippen molar-refractivity contribution < 1.29 is 14.6 Å². The molecule has 7 nitrogen and oxygen atoms in total. The van der Waals surface area contributed by atoms with Crippen molar-refractivity contribution in [1.29, 1.82) is 0 Å². The number of aryl methyl sites for hydroxylation is 2. The number of nitrogens with one attached hydrogen (secondary N) is 1. The van der Waals surface area contributed by atoms with Gasteiger partial charge in [-0.25, -0.2) is 0 Å². The van der Waals surface area contributed by atoms with Crippen molar-refractivity contribution in [2.45, 2.75) is 50.7 Å². The van der Waals surface area contributed by atoms with Gasteiger partial charge in [0.05, 0.1) is 18.2 Å². The number of carbonyl (C=O) groups excluding carboxylic acids is 1. The summed E-state index contributed by atoms with van der Waals surface area (Å²) in [6.45, 7) is 3.86. The Hall–Kier alpha value is -3.45. The lowest BCUT2D eigenvalue weighted by Gasteiger charge is -2.44. The minimum absolute atomic E-state index is 0.0876. The first-order chi connectivity index (χ1) is 17.0. The number of aliphatic hydroxyl groups is 1. The summed E-state index contributed by atoms with van der Waals surface area (Å²) >= 11 is 0. The van der Waals surface area contributed by atoms with Crippen LogP contribution in [0.4, 0.5) is 5.82 Å². The van der Waals surface area contributed by atoms with Gasteiger partial charge in [-0.2, -0.15) is 5.10 Å². The lowest BCUT2D eigenvalue weighted by atomic mass is 9.83. The highest BCUT2D eigenvalue weighted by Gasteiger charge is 2.39. The van der Waals surface area contributed by atoms with E-state index < -0.39 is 6.10 Å². The molecule has 1 unspecified atom stereocenters. The van der Waals surface area contributed by atoms with Crippen LogP contribution in [0.1, 0.15) is 47.8 Å². The van der Waals surface area contributed by atoms with Crippen LogP contribution in [0.3, 0.4) is 0 Å². The van der Waals surface area contributed by atoms with Crippen molar-refractivity contribution in [2.24, 2.45) is 0 Å². The van der Waals surface area contributed by atoms with Gasteiger partial charge in [-0.15, -0.1) is 5.10 Å². The van der Waals surface area contributed by atoms with Crippen molar-refractivity contribution in [2.75, 3.05) is 24.5 Å². The molecule has 7 heteroatoms. The van der Waals surface area contributed by atoms with Gasteiger partial charge in [0.25, 0.3) is 0 Å². The number of amides is 1. The molecule has 0 aliphatic carbocycles. The minimum atomic E-state index is -0.737. The van der Waals surface area contributed by atoms with Gasteiger partial charge in [-0.05, 0) is 48.6 Å². The number of rotatable bonds is 6. The summed E-state index contributed by atoms with van der Waals surface area (Å²) in [5.41, 5.74) is 3.59. The summed E-state index contributed by atoms with van der Waals surface area (Å²) in [5.74, 6) is 1.69. The average molecular weight is 473 g/mol. The third-order valence-corrected chi connectivity index (χ3v) is 7.23. The monoisotopic (exact) mass is 472 g/mol. The van der Waals surface area contributed by atoms with Crippen LogP contribution < -0.4 is 15.0 Å². The Balaban J connectivity index is 1.14. The maximum Gasteiger partial charge on any atom is 0.226 e. The Morgan fingerprint density at radius 2 is 1.83 bits per heavy atom. The van der Waals surface area contributed by atoms with Crippen LogP contribution in [0, 0.1) is 6.92 Å². The molecular formula is C28H32N4O3. The second-order valence-corrected chi connectivity index (χ2v) is 9.62. The Bertz CT molecular complexity index is 1180. The van der Waals surface area contributed by atoms with Crippen molar-refractivity contribution in [1.82, 2.24) is 15.5 Å². The molecule has 5 rings (SSSR count). The van der Waals surface area contributed by atoms with E-state index in [4.69, 9.17) is 4.74 Å². The first kappa shape index (κ1) is 23.3. The molecule has 1 spiro atoms. The van der Waals surface area contributed by atoms with Crippen LogP contribution in [-0.2, 0) is 17.6 Å². The highest BCUT2D eigenvalue weighted by atomic mass is 16.5. The van der Waals surface area contributed by atoms with E-state index in [1.165, 1.54) is 5.56 Å². The molecule has 3 heterocycles. The molecular weight excluding hydrogens is 440 g/mol. The summed E-state index contributed by atoms with van der Waals surface area (Å²) in [7, 11) is 0. The lowest BCUT2D eigenvalue weighted by molar-refractivity contribution is -0.121. The molecule has 3 aromatic rings. The zero-order valence-corrected chi connectivity index (χ0v) is 20.1. The molecule has 0 radical (unpaired) electrons. The highest BCUT2D eigenvalue weighted by molar-refractivity contribution is 5.78. The third kappa shape index (κ3) is 5.30. The van der Waals surface area contributed by atoms with Gasteiger partial charge in [-0.3, -0.25) is 4.79 Å². The maximum absolute atomic E-state index is 12.4. The number of fused-ring (bicyclic) bond motifs is 1. The van der Waals surface area contributed by atoms with Gasteiger partial charge < -0.3 is 20.1 Å². The summed E-state index contributed by atoms with van der Waals surface area (Å²) in [5, 5.41) is 21.8. The summed E-state index contributed by atoms with van der Waals surface area (Å²) < 4.78 is 6.47. The van der Waals surface area contributed by atoms with Crippen LogP contribution in [-0.4, -0.2) is 46.4 Å². The second-order valence-electron chi connectivity index (χ2n) is 9.62. The number of benzene rings is 2. The average Bonchev–Trinajstić information content (AvgIpc) is 2.89. The third-order valence-electron chi connectivity index (χ3n) is 7.23. The summed E-state index contributed by atoms with van der Waals surface area (Å²) in [6.07, 6.45) is 3.42. The zero-order valence-electron chi connectivity index (χ0n) is 20.1. The van der Waals surface area contributed by atoms with E-state index in [9.17, 15) is 9.90 Å². The van der Waals surface area contributed by atoms with Crippen molar-refractivity contribution >= 4 is 11.7 Å². The molecule has 2 aromatic carbocycles. The van der Waals surface area contributed by atoms with E-state index in [1.54, 1.807) is 0 Å². The van der Waals surface area contributed by atoms with Crippen LogP contribution in [0.2, 0.25) is 0 Å². The standard InChI is InChI=1S/C28H32N4O3/c1-20-17-26(31-30-23(20)18-27(34)29-19-24(33)21-7-3-2-4-8-21)32-15-13-28(14-16-32)12-11-22-9-5-6-10-25(22)35-28/h2-10,17,24,33H,11-16,18-19H2,1H3,(H,29,34). The quantitative estimate of drug-likeness (QED) is 0.571. The zero-order chi connectivity index (χ0) is 24.3. The minimum Gasteiger partial charge on any atom is -0.487 e. The summed E-state index contributed by atoms with van der Waals surface area (Å²) in [6, 6.07) is 19.7. The van der Waals surface area contributed by atoms with Gasteiger partial charge in [0.1, 0.15) is 11.4 Å². The molecule has 1 atom stereocenters. The molecule has 0 saturated carbocycles. The Morgan fingerprint density at radius 1 is 1.09 bits per heavy atom. The van der Waals surface area contributed by atoms with Crippen LogP contribution in [0.25, 0.3) is 0 Å². The van der Waals surface area contributed by atoms with Gasteiger partial charge >= 0.3 is 0 Å². The van der Waals surface area contributed by atoms with Gasteiger partial charge in [0, 0.05) is 32.5 Å². The van der Waals surface area contributed by atoms with E-state index in [0.29, 0.717) is 5.69 Å². The number of hydrogen-bond acceptors (Lipinski definition) is 6. The topological polar surface area (TPSA) is 87.6 Å². The number of aliphatic hydroxyl groups excluding tert-OH is 1. The van der Waals surface area contributed by atoms with E-state index in [0.717, 1.165) is 61.5 Å². The van der Waals surface area contributed by atoms with Crippen molar-refractivity contribution in [3.05, 3.63) is 83.0 Å². The number of ether oxygens (including phenoxy) is 1. The molecule has 0 bridgehead atoms. The number of aromatic nitrogens is 2. The van der Waals surface area contributed by atoms with Crippen molar-refractivity contribution in [3.8, 4) is 5.75 Å². The number of anilines is 1. The van der Waals surface area contributed by atoms with E-state index >= 15 is 0 Å².